The van der Waals surface area contributed by atoms with Gasteiger partial charge in [0.2, 0.25) is 15.9 Å². The molecule has 4 N–H and O–H groups in total. The van der Waals surface area contributed by atoms with Crippen LogP contribution in [0.1, 0.15) is 63.3 Å². The summed E-state index contributed by atoms with van der Waals surface area (Å²) in [4.78, 5) is 13.0. The van der Waals surface area contributed by atoms with Crippen molar-refractivity contribution in [3.05, 3.63) is 11.5 Å². The van der Waals surface area contributed by atoms with Crippen molar-refractivity contribution in [3.8, 4) is 0 Å². The molecule has 2 rings (SSSR count). The van der Waals surface area contributed by atoms with Crippen LogP contribution in [0.3, 0.4) is 0 Å². The molecule has 0 aliphatic heterocycles. The number of carbonyl (C=O) groups excluding carboxylic acids is 1. The molecular formula is C17H30N4O4S. The second kappa shape index (κ2) is 8.49. The summed E-state index contributed by atoms with van der Waals surface area (Å²) in [5, 5.41) is 6.66. The molecule has 148 valence electrons. The first-order chi connectivity index (χ1) is 12.3. The summed E-state index contributed by atoms with van der Waals surface area (Å²) in [6.45, 7) is 5.52. The van der Waals surface area contributed by atoms with E-state index in [9.17, 15) is 13.2 Å². The van der Waals surface area contributed by atoms with E-state index >= 15 is 0 Å². The van der Waals surface area contributed by atoms with Crippen molar-refractivity contribution >= 4 is 15.9 Å². The zero-order chi connectivity index (χ0) is 19.4. The number of hydrogen-bond acceptors (Lipinski definition) is 6. The Bertz CT molecular complexity index is 704. The van der Waals surface area contributed by atoms with E-state index in [2.05, 4.69) is 22.1 Å². The minimum absolute atomic E-state index is 0.0120. The predicted octanol–water partition coefficient (Wildman–Crippen LogP) is 1.52. The number of rotatable bonds is 9. The molecule has 26 heavy (non-hydrogen) atoms. The van der Waals surface area contributed by atoms with Gasteiger partial charge in [-0.25, -0.2) is 8.42 Å². The topological polar surface area (TPSA) is 127 Å². The molecule has 1 aliphatic carbocycles. The van der Waals surface area contributed by atoms with Gasteiger partial charge < -0.3 is 15.6 Å². The molecule has 0 radical (unpaired) electrons. The van der Waals surface area contributed by atoms with Gasteiger partial charge in [-0.1, -0.05) is 37.8 Å². The molecule has 0 saturated heterocycles. The zero-order valence-electron chi connectivity index (χ0n) is 15.8. The van der Waals surface area contributed by atoms with Gasteiger partial charge in [0.1, 0.15) is 16.1 Å². The van der Waals surface area contributed by atoms with E-state index in [1.165, 1.54) is 0 Å². The van der Waals surface area contributed by atoms with Crippen molar-refractivity contribution in [3.63, 3.8) is 0 Å². The van der Waals surface area contributed by atoms with Crippen molar-refractivity contribution in [1.29, 1.82) is 0 Å². The molecule has 9 heteroatoms. The highest BCUT2D eigenvalue weighted by Crippen LogP contribution is 2.33. The number of hydrogen-bond donors (Lipinski definition) is 3. The molecule has 0 spiro atoms. The lowest BCUT2D eigenvalue weighted by Crippen LogP contribution is -2.59. The zero-order valence-corrected chi connectivity index (χ0v) is 16.6. The maximum atomic E-state index is 13.0. The van der Waals surface area contributed by atoms with Crippen LogP contribution in [0.5, 0.6) is 0 Å². The Labute approximate surface area is 155 Å². The summed E-state index contributed by atoms with van der Waals surface area (Å²) >= 11 is 0. The molecule has 1 aromatic rings. The van der Waals surface area contributed by atoms with Crippen molar-refractivity contribution in [2.24, 2.45) is 5.73 Å². The largest absolute Gasteiger partial charge is 0.360 e. The molecule has 1 unspecified atom stereocenters. The number of nitrogens with one attached hydrogen (secondary N) is 2. The standard InChI is InChI=1S/C17H30N4O4S/c1-4-5-8-14(11-18)19-16(22)17(9-6-7-10-17)21-26(23,24)15-12(2)20-25-13(15)3/h14,21H,4-11,18H2,1-3H3,(H,19,22). The van der Waals surface area contributed by atoms with Gasteiger partial charge >= 0.3 is 0 Å². The van der Waals surface area contributed by atoms with Gasteiger partial charge in [-0.2, -0.15) is 4.72 Å². The van der Waals surface area contributed by atoms with E-state index in [-0.39, 0.29) is 28.3 Å². The van der Waals surface area contributed by atoms with E-state index in [0.29, 0.717) is 19.4 Å². The second-order valence-corrected chi connectivity index (χ2v) is 8.72. The Morgan fingerprint density at radius 1 is 1.35 bits per heavy atom. The van der Waals surface area contributed by atoms with Crippen LogP contribution in [0, 0.1) is 13.8 Å². The minimum Gasteiger partial charge on any atom is -0.360 e. The van der Waals surface area contributed by atoms with Crippen molar-refractivity contribution in [2.75, 3.05) is 6.54 Å². The van der Waals surface area contributed by atoms with Crippen LogP contribution in [0.4, 0.5) is 0 Å². The fourth-order valence-electron chi connectivity index (χ4n) is 3.54. The van der Waals surface area contributed by atoms with Gasteiger partial charge in [0.05, 0.1) is 0 Å². The quantitative estimate of drug-likeness (QED) is 0.590. The highest BCUT2D eigenvalue weighted by atomic mass is 32.2. The number of aryl methyl sites for hydroxylation is 2. The second-order valence-electron chi connectivity index (χ2n) is 7.10. The van der Waals surface area contributed by atoms with Crippen molar-refractivity contribution in [2.45, 2.75) is 82.2 Å². The molecule has 1 heterocycles. The molecule has 1 aromatic heterocycles. The molecule has 1 saturated carbocycles. The van der Waals surface area contributed by atoms with Gasteiger partial charge in [-0.15, -0.1) is 0 Å². The number of nitrogens with two attached hydrogens (primary N) is 1. The van der Waals surface area contributed by atoms with Gasteiger partial charge in [-0.3, -0.25) is 4.79 Å². The smallest absolute Gasteiger partial charge is 0.246 e. The van der Waals surface area contributed by atoms with Gasteiger partial charge in [-0.05, 0) is 33.1 Å². The molecule has 1 amide bonds. The normalized spacial score (nSPS) is 18.0. The summed E-state index contributed by atoms with van der Waals surface area (Å²) in [5.41, 5.74) is 4.91. The first-order valence-corrected chi connectivity index (χ1v) is 10.7. The van der Waals surface area contributed by atoms with Crippen LogP contribution >= 0.6 is 0 Å². The van der Waals surface area contributed by atoms with E-state index in [0.717, 1.165) is 32.1 Å². The minimum atomic E-state index is -3.92. The SMILES string of the molecule is CCCCC(CN)NC(=O)C1(NS(=O)(=O)c2c(C)noc2C)CCCC1. The third-order valence-electron chi connectivity index (χ3n) is 4.98. The van der Waals surface area contributed by atoms with Crippen LogP contribution < -0.4 is 15.8 Å². The third kappa shape index (κ3) is 4.44. The van der Waals surface area contributed by atoms with Gasteiger partial charge in [0, 0.05) is 12.6 Å². The Kier molecular flexibility index (Phi) is 6.81. The Hall–Kier alpha value is -1.45. The monoisotopic (exact) mass is 386 g/mol. The first-order valence-electron chi connectivity index (χ1n) is 9.23. The van der Waals surface area contributed by atoms with Crippen LogP contribution in [-0.4, -0.2) is 37.6 Å². The lowest BCUT2D eigenvalue weighted by atomic mass is 9.97. The van der Waals surface area contributed by atoms with Crippen molar-refractivity contribution < 1.29 is 17.7 Å². The highest BCUT2D eigenvalue weighted by Gasteiger charge is 2.46. The molecule has 1 aliphatic rings. The summed E-state index contributed by atoms with van der Waals surface area (Å²) in [5.74, 6) is -0.0803. The van der Waals surface area contributed by atoms with E-state index in [1.54, 1.807) is 13.8 Å². The van der Waals surface area contributed by atoms with Crippen LogP contribution in [0.15, 0.2) is 9.42 Å². The highest BCUT2D eigenvalue weighted by molar-refractivity contribution is 7.89. The molecule has 8 nitrogen and oxygen atoms in total. The van der Waals surface area contributed by atoms with Crippen LogP contribution in [-0.2, 0) is 14.8 Å². The number of aromatic nitrogens is 1. The third-order valence-corrected chi connectivity index (χ3v) is 6.76. The average Bonchev–Trinajstić information content (AvgIpc) is 3.18. The van der Waals surface area contributed by atoms with Crippen LogP contribution in [0.25, 0.3) is 0 Å². The number of carbonyl (C=O) groups is 1. The number of amides is 1. The summed E-state index contributed by atoms with van der Waals surface area (Å²) < 4.78 is 33.5. The van der Waals surface area contributed by atoms with E-state index in [1.807, 2.05) is 0 Å². The average molecular weight is 387 g/mol. The summed E-state index contributed by atoms with van der Waals surface area (Å²) in [6, 6.07) is -0.150. The number of unbranched alkanes of at least 4 members (excludes halogenated alkanes) is 1. The number of sulfonamides is 1. The fourth-order valence-corrected chi connectivity index (χ4v) is 5.30. The van der Waals surface area contributed by atoms with Gasteiger partial charge in [0.25, 0.3) is 0 Å². The molecule has 1 atom stereocenters. The first kappa shape index (κ1) is 20.9. The van der Waals surface area contributed by atoms with Crippen molar-refractivity contribution in [1.82, 2.24) is 15.2 Å². The van der Waals surface area contributed by atoms with Gasteiger partial charge in [0.15, 0.2) is 5.76 Å². The predicted molar refractivity (Wildman–Crippen MR) is 98.0 cm³/mol. The number of nitrogens with zero attached hydrogens (tertiary/aromatic N) is 1. The Morgan fingerprint density at radius 3 is 2.50 bits per heavy atom. The Balaban J connectivity index is 2.23. The summed E-state index contributed by atoms with van der Waals surface area (Å²) in [7, 11) is -3.92. The molecule has 0 bridgehead atoms. The lowest BCUT2D eigenvalue weighted by Gasteiger charge is -2.30. The molecular weight excluding hydrogens is 356 g/mol. The molecule has 1 fully saturated rings. The lowest BCUT2D eigenvalue weighted by molar-refractivity contribution is -0.127. The van der Waals surface area contributed by atoms with E-state index < -0.39 is 15.6 Å². The van der Waals surface area contributed by atoms with Crippen LogP contribution in [0.2, 0.25) is 0 Å². The fraction of sp³-hybridized carbons (Fsp3) is 0.765. The molecule has 0 aromatic carbocycles. The summed E-state index contributed by atoms with van der Waals surface area (Å²) in [6.07, 6.45) is 5.26. The van der Waals surface area contributed by atoms with E-state index in [4.69, 9.17) is 10.3 Å². The maximum Gasteiger partial charge on any atom is 0.246 e. The Morgan fingerprint density at radius 2 is 2.00 bits per heavy atom. The maximum absolute atomic E-state index is 13.0.